The molecule has 0 N–H and O–H groups in total. The minimum atomic E-state index is 0.157. The third kappa shape index (κ3) is 7.14. The molecule has 0 aliphatic carbocycles. The highest BCUT2D eigenvalue weighted by Crippen LogP contribution is 2.38. The Balaban J connectivity index is 1.32. The molecule has 0 spiro atoms. The number of hydrogen-bond donors (Lipinski definition) is 0. The lowest BCUT2D eigenvalue weighted by Crippen LogP contribution is -2.07. The second-order valence-corrected chi connectivity index (χ2v) is 12.9. The van der Waals surface area contributed by atoms with Crippen LogP contribution in [0.5, 0.6) is 0 Å². The standard InChI is InChI=1S/C46H44N2/c1-31-27-41(43(37-19-11-7-12-20-37)38-21-13-8-14-22-38)28-32(2)45(31)47-35(5)36(6)48-46-33(3)29-42(30-34(46)4)44(39-23-15-9-16-24-39)40-25-17-10-18-26-40/h7-30,43-44H,1-6H3. The summed E-state index contributed by atoms with van der Waals surface area (Å²) in [6.07, 6.45) is 0. The molecule has 6 aromatic rings. The Morgan fingerprint density at radius 3 is 0.812 bits per heavy atom. The average molecular weight is 625 g/mol. The van der Waals surface area contributed by atoms with Crippen molar-refractivity contribution in [1.82, 2.24) is 0 Å². The summed E-state index contributed by atoms with van der Waals surface area (Å²) in [4.78, 5) is 10.3. The lowest BCUT2D eigenvalue weighted by molar-refractivity contribution is 0.970. The topological polar surface area (TPSA) is 24.7 Å². The van der Waals surface area contributed by atoms with E-state index in [0.29, 0.717) is 0 Å². The second-order valence-electron chi connectivity index (χ2n) is 12.9. The maximum Gasteiger partial charge on any atom is 0.0692 e. The lowest BCUT2D eigenvalue weighted by Gasteiger charge is -2.21. The van der Waals surface area contributed by atoms with Crippen molar-refractivity contribution in [3.05, 3.63) is 201 Å². The average Bonchev–Trinajstić information content (AvgIpc) is 3.10. The van der Waals surface area contributed by atoms with Gasteiger partial charge in [-0.15, -0.1) is 0 Å². The molecule has 6 rings (SSSR count). The highest BCUT2D eigenvalue weighted by atomic mass is 14.8. The zero-order valence-electron chi connectivity index (χ0n) is 28.9. The quantitative estimate of drug-likeness (QED) is 0.113. The Morgan fingerprint density at radius 1 is 0.354 bits per heavy atom. The predicted molar refractivity (Wildman–Crippen MR) is 205 cm³/mol. The van der Waals surface area contributed by atoms with E-state index in [1.165, 1.54) is 55.6 Å². The summed E-state index contributed by atoms with van der Waals surface area (Å²) in [5.74, 6) is 0.314. The van der Waals surface area contributed by atoms with Crippen molar-refractivity contribution in [3.8, 4) is 0 Å². The number of nitrogens with zero attached hydrogens (tertiary/aromatic N) is 2. The fraction of sp³-hybridized carbons (Fsp3) is 0.174. The molecular formula is C46H44N2. The van der Waals surface area contributed by atoms with Gasteiger partial charge in [0.25, 0.3) is 0 Å². The van der Waals surface area contributed by atoms with Crippen LogP contribution in [0.15, 0.2) is 156 Å². The monoisotopic (exact) mass is 624 g/mol. The number of aliphatic imine (C=N–C) groups is 2. The number of rotatable bonds is 9. The third-order valence-corrected chi connectivity index (χ3v) is 9.31. The highest BCUT2D eigenvalue weighted by molar-refractivity contribution is 6.41. The van der Waals surface area contributed by atoms with E-state index in [0.717, 1.165) is 22.8 Å². The first-order chi connectivity index (χ1) is 23.3. The molecule has 0 heterocycles. The summed E-state index contributed by atoms with van der Waals surface area (Å²) >= 11 is 0. The first-order valence-corrected chi connectivity index (χ1v) is 16.8. The van der Waals surface area contributed by atoms with Gasteiger partial charge in [0.15, 0.2) is 0 Å². The van der Waals surface area contributed by atoms with Crippen molar-refractivity contribution in [2.75, 3.05) is 0 Å². The number of hydrogen-bond acceptors (Lipinski definition) is 2. The SMILES string of the molecule is CC(=Nc1c(C)cc(C(c2ccccc2)c2ccccc2)cc1C)C(C)=Nc1c(C)cc(C(c2ccccc2)c2ccccc2)cc1C. The van der Waals surface area contributed by atoms with Gasteiger partial charge < -0.3 is 0 Å². The van der Waals surface area contributed by atoms with E-state index in [-0.39, 0.29) is 11.8 Å². The molecule has 0 aliphatic rings. The van der Waals surface area contributed by atoms with Crippen LogP contribution in [-0.4, -0.2) is 11.4 Å². The van der Waals surface area contributed by atoms with Gasteiger partial charge in [-0.2, -0.15) is 0 Å². The minimum Gasteiger partial charge on any atom is -0.251 e. The fourth-order valence-corrected chi connectivity index (χ4v) is 6.90. The van der Waals surface area contributed by atoms with E-state index in [1.807, 2.05) is 0 Å². The van der Waals surface area contributed by atoms with Gasteiger partial charge in [-0.05, 0) is 97.2 Å². The molecule has 0 unspecified atom stereocenters. The molecule has 2 heteroatoms. The van der Waals surface area contributed by atoms with Gasteiger partial charge >= 0.3 is 0 Å². The molecule has 0 amide bonds. The molecule has 0 aromatic heterocycles. The van der Waals surface area contributed by atoms with Gasteiger partial charge in [-0.1, -0.05) is 146 Å². The molecule has 48 heavy (non-hydrogen) atoms. The molecule has 0 fully saturated rings. The molecule has 0 saturated carbocycles. The lowest BCUT2D eigenvalue weighted by atomic mass is 9.83. The van der Waals surface area contributed by atoms with Gasteiger partial charge in [0.1, 0.15) is 0 Å². The Morgan fingerprint density at radius 2 is 0.583 bits per heavy atom. The van der Waals surface area contributed by atoms with Crippen LogP contribution < -0.4 is 0 Å². The summed E-state index contributed by atoms with van der Waals surface area (Å²) in [5, 5.41) is 0. The largest absolute Gasteiger partial charge is 0.251 e. The predicted octanol–water partition coefficient (Wildman–Crippen LogP) is 12.2. The molecule has 0 saturated heterocycles. The molecule has 6 aromatic carbocycles. The van der Waals surface area contributed by atoms with Gasteiger partial charge in [0, 0.05) is 11.8 Å². The maximum absolute atomic E-state index is 5.17. The van der Waals surface area contributed by atoms with Gasteiger partial charge in [0.2, 0.25) is 0 Å². The Labute approximate surface area is 286 Å². The van der Waals surface area contributed by atoms with Crippen molar-refractivity contribution in [1.29, 1.82) is 0 Å². The van der Waals surface area contributed by atoms with Crippen LogP contribution >= 0.6 is 0 Å². The van der Waals surface area contributed by atoms with Crippen molar-refractivity contribution in [2.45, 2.75) is 53.4 Å². The molecule has 2 nitrogen and oxygen atoms in total. The molecule has 0 aliphatic heterocycles. The Kier molecular flexibility index (Phi) is 9.92. The zero-order valence-corrected chi connectivity index (χ0v) is 28.9. The van der Waals surface area contributed by atoms with E-state index in [1.54, 1.807) is 0 Å². The molecule has 0 atom stereocenters. The van der Waals surface area contributed by atoms with Crippen LogP contribution in [0.2, 0.25) is 0 Å². The van der Waals surface area contributed by atoms with Crippen molar-refractivity contribution in [3.63, 3.8) is 0 Å². The van der Waals surface area contributed by atoms with E-state index in [4.69, 9.17) is 9.98 Å². The highest BCUT2D eigenvalue weighted by Gasteiger charge is 2.20. The van der Waals surface area contributed by atoms with Crippen LogP contribution in [0.3, 0.4) is 0 Å². The smallest absolute Gasteiger partial charge is 0.0692 e. The van der Waals surface area contributed by atoms with Gasteiger partial charge in [-0.25, -0.2) is 0 Å². The van der Waals surface area contributed by atoms with Crippen LogP contribution in [0, 0.1) is 27.7 Å². The van der Waals surface area contributed by atoms with Gasteiger partial charge in [-0.3, -0.25) is 9.98 Å². The fourth-order valence-electron chi connectivity index (χ4n) is 6.90. The summed E-state index contributed by atoms with van der Waals surface area (Å²) in [6, 6.07) is 52.3. The molecule has 0 radical (unpaired) electrons. The Hall–Kier alpha value is -5.34. The first kappa shape index (κ1) is 32.6. The Bertz CT molecular complexity index is 1780. The summed E-state index contributed by atoms with van der Waals surface area (Å²) in [6.45, 7) is 12.8. The van der Waals surface area contributed by atoms with E-state index in [2.05, 4.69) is 187 Å². The van der Waals surface area contributed by atoms with Crippen LogP contribution in [0.4, 0.5) is 11.4 Å². The van der Waals surface area contributed by atoms with E-state index in [9.17, 15) is 0 Å². The number of aryl methyl sites for hydroxylation is 4. The van der Waals surface area contributed by atoms with Crippen molar-refractivity contribution in [2.24, 2.45) is 9.98 Å². The minimum absolute atomic E-state index is 0.157. The second kappa shape index (κ2) is 14.6. The third-order valence-electron chi connectivity index (χ3n) is 9.31. The first-order valence-electron chi connectivity index (χ1n) is 16.8. The maximum atomic E-state index is 5.17. The van der Waals surface area contributed by atoms with E-state index >= 15 is 0 Å². The van der Waals surface area contributed by atoms with E-state index < -0.39 is 0 Å². The normalized spacial score (nSPS) is 12.2. The summed E-state index contributed by atoms with van der Waals surface area (Å²) in [5.41, 5.74) is 16.2. The van der Waals surface area contributed by atoms with Crippen molar-refractivity contribution >= 4 is 22.8 Å². The molecule has 238 valence electrons. The number of benzene rings is 6. The molecule has 0 bridgehead atoms. The van der Waals surface area contributed by atoms with Crippen LogP contribution in [0.1, 0.15) is 81.3 Å². The summed E-state index contributed by atoms with van der Waals surface area (Å²) in [7, 11) is 0. The molecular weight excluding hydrogens is 581 g/mol. The van der Waals surface area contributed by atoms with Crippen LogP contribution in [-0.2, 0) is 0 Å². The van der Waals surface area contributed by atoms with Gasteiger partial charge in [0.05, 0.1) is 22.8 Å². The van der Waals surface area contributed by atoms with Crippen LogP contribution in [0.25, 0.3) is 0 Å². The van der Waals surface area contributed by atoms with Crippen molar-refractivity contribution < 1.29 is 0 Å². The summed E-state index contributed by atoms with van der Waals surface area (Å²) < 4.78 is 0. The zero-order chi connectivity index (χ0) is 33.6.